The molecule has 2 N–H and O–H groups in total. The average molecular weight is 237 g/mol. The monoisotopic (exact) mass is 237 g/mol. The van der Waals surface area contributed by atoms with Gasteiger partial charge in [-0.2, -0.15) is 0 Å². The summed E-state index contributed by atoms with van der Waals surface area (Å²) in [4.78, 5) is 0. The van der Waals surface area contributed by atoms with Crippen LogP contribution in [-0.2, 0) is 4.74 Å². The highest BCUT2D eigenvalue weighted by Crippen LogP contribution is 2.24. The van der Waals surface area contributed by atoms with E-state index in [0.717, 1.165) is 24.3 Å². The van der Waals surface area contributed by atoms with Crippen LogP contribution < -0.4 is 10.5 Å². The third kappa shape index (κ3) is 4.75. The Bertz CT molecular complexity index is 337. The van der Waals surface area contributed by atoms with E-state index in [9.17, 15) is 0 Å². The molecule has 96 valence electrons. The molecule has 0 aliphatic carbocycles. The van der Waals surface area contributed by atoms with E-state index in [1.54, 1.807) is 0 Å². The topological polar surface area (TPSA) is 44.5 Å². The van der Waals surface area contributed by atoms with Crippen molar-refractivity contribution in [3.05, 3.63) is 29.3 Å². The summed E-state index contributed by atoms with van der Waals surface area (Å²) >= 11 is 0. The molecule has 1 aromatic rings. The summed E-state index contributed by atoms with van der Waals surface area (Å²) in [5, 5.41) is 0. The first-order chi connectivity index (χ1) is 8.15. The van der Waals surface area contributed by atoms with Crippen LogP contribution in [0.25, 0.3) is 0 Å². The van der Waals surface area contributed by atoms with Crippen molar-refractivity contribution in [1.29, 1.82) is 0 Å². The zero-order valence-corrected chi connectivity index (χ0v) is 11.0. The van der Waals surface area contributed by atoms with Crippen LogP contribution in [0.4, 0.5) is 0 Å². The first-order valence-corrected chi connectivity index (χ1v) is 6.21. The van der Waals surface area contributed by atoms with Crippen molar-refractivity contribution in [2.24, 2.45) is 5.73 Å². The Labute approximate surface area is 104 Å². The Hall–Kier alpha value is -1.06. The number of aryl methyl sites for hydroxylation is 1. The van der Waals surface area contributed by atoms with Crippen LogP contribution in [0.3, 0.4) is 0 Å². The van der Waals surface area contributed by atoms with E-state index in [-0.39, 0.29) is 6.04 Å². The molecule has 1 rings (SSSR count). The molecule has 0 aromatic heterocycles. The molecule has 0 spiro atoms. The zero-order chi connectivity index (χ0) is 12.7. The van der Waals surface area contributed by atoms with E-state index in [1.165, 1.54) is 5.56 Å². The molecule has 3 nitrogen and oxygen atoms in total. The van der Waals surface area contributed by atoms with E-state index in [4.69, 9.17) is 15.2 Å². The largest absolute Gasteiger partial charge is 0.491 e. The second kappa shape index (κ2) is 7.30. The van der Waals surface area contributed by atoms with E-state index in [1.807, 2.05) is 26.0 Å². The maximum absolute atomic E-state index is 5.91. The number of hydrogen-bond donors (Lipinski definition) is 1. The molecule has 17 heavy (non-hydrogen) atoms. The SMILES string of the molecule is CCCOCCOc1cc(C)ccc1C(C)N. The fraction of sp³-hybridized carbons (Fsp3) is 0.571. The molecule has 0 aliphatic heterocycles. The molecule has 1 atom stereocenters. The number of rotatable bonds is 7. The molecule has 0 bridgehead atoms. The second-order valence-corrected chi connectivity index (χ2v) is 4.29. The van der Waals surface area contributed by atoms with Gasteiger partial charge in [-0.1, -0.05) is 19.1 Å². The van der Waals surface area contributed by atoms with Crippen molar-refractivity contribution < 1.29 is 9.47 Å². The van der Waals surface area contributed by atoms with Gasteiger partial charge in [0.1, 0.15) is 12.4 Å². The zero-order valence-electron chi connectivity index (χ0n) is 11.0. The normalized spacial score (nSPS) is 12.5. The number of ether oxygens (including phenoxy) is 2. The number of benzene rings is 1. The summed E-state index contributed by atoms with van der Waals surface area (Å²) in [5.74, 6) is 0.875. The molecule has 1 unspecified atom stereocenters. The van der Waals surface area contributed by atoms with Crippen molar-refractivity contribution in [3.8, 4) is 5.75 Å². The maximum Gasteiger partial charge on any atom is 0.124 e. The lowest BCUT2D eigenvalue weighted by Crippen LogP contribution is -2.11. The number of hydrogen-bond acceptors (Lipinski definition) is 3. The van der Waals surface area contributed by atoms with Crippen molar-refractivity contribution in [2.45, 2.75) is 33.2 Å². The average Bonchev–Trinajstić information content (AvgIpc) is 2.28. The van der Waals surface area contributed by atoms with Crippen molar-refractivity contribution >= 4 is 0 Å². The summed E-state index contributed by atoms with van der Waals surface area (Å²) in [7, 11) is 0. The smallest absolute Gasteiger partial charge is 0.124 e. The lowest BCUT2D eigenvalue weighted by atomic mass is 10.1. The van der Waals surface area contributed by atoms with Gasteiger partial charge in [0.05, 0.1) is 6.61 Å². The van der Waals surface area contributed by atoms with E-state index in [0.29, 0.717) is 13.2 Å². The lowest BCUT2D eigenvalue weighted by Gasteiger charge is -2.14. The summed E-state index contributed by atoms with van der Waals surface area (Å²) in [6, 6.07) is 6.10. The quantitative estimate of drug-likeness (QED) is 0.742. The van der Waals surface area contributed by atoms with Gasteiger partial charge in [0.15, 0.2) is 0 Å². The van der Waals surface area contributed by atoms with Crippen LogP contribution >= 0.6 is 0 Å². The fourth-order valence-electron chi connectivity index (χ4n) is 1.60. The molecule has 0 fully saturated rings. The highest BCUT2D eigenvalue weighted by atomic mass is 16.5. The van der Waals surface area contributed by atoms with Gasteiger partial charge in [-0.3, -0.25) is 0 Å². The van der Waals surface area contributed by atoms with E-state index >= 15 is 0 Å². The molecule has 0 saturated carbocycles. The van der Waals surface area contributed by atoms with Gasteiger partial charge >= 0.3 is 0 Å². The van der Waals surface area contributed by atoms with Crippen molar-refractivity contribution in [2.75, 3.05) is 19.8 Å². The molecule has 0 aliphatic rings. The fourth-order valence-corrected chi connectivity index (χ4v) is 1.60. The standard InChI is InChI=1S/C14H23NO2/c1-4-7-16-8-9-17-14-10-11(2)5-6-13(14)12(3)15/h5-6,10,12H,4,7-9,15H2,1-3H3. The molecule has 0 saturated heterocycles. The van der Waals surface area contributed by atoms with Crippen molar-refractivity contribution in [1.82, 2.24) is 0 Å². The summed E-state index contributed by atoms with van der Waals surface area (Å²) in [6.45, 7) is 8.09. The highest BCUT2D eigenvalue weighted by Gasteiger charge is 2.08. The van der Waals surface area contributed by atoms with Crippen LogP contribution in [0, 0.1) is 6.92 Å². The molecule has 1 aromatic carbocycles. The van der Waals surface area contributed by atoms with Crippen LogP contribution in [0.15, 0.2) is 18.2 Å². The van der Waals surface area contributed by atoms with Crippen LogP contribution in [0.1, 0.15) is 37.4 Å². The highest BCUT2D eigenvalue weighted by molar-refractivity contribution is 5.38. The predicted octanol–water partition coefficient (Wildman–Crippen LogP) is 2.82. The van der Waals surface area contributed by atoms with Crippen molar-refractivity contribution in [3.63, 3.8) is 0 Å². The van der Waals surface area contributed by atoms with Gasteiger partial charge in [-0.15, -0.1) is 0 Å². The third-order valence-corrected chi connectivity index (χ3v) is 2.49. The summed E-state index contributed by atoms with van der Waals surface area (Å²) < 4.78 is 11.1. The van der Waals surface area contributed by atoms with Gasteiger partial charge < -0.3 is 15.2 Å². The Kier molecular flexibility index (Phi) is 6.01. The van der Waals surface area contributed by atoms with Gasteiger partial charge in [-0.25, -0.2) is 0 Å². The molecule has 0 amide bonds. The van der Waals surface area contributed by atoms with Gasteiger partial charge in [0.25, 0.3) is 0 Å². The Morgan fingerprint density at radius 1 is 1.24 bits per heavy atom. The first kappa shape index (κ1) is 14.0. The molecular formula is C14H23NO2. The predicted molar refractivity (Wildman–Crippen MR) is 70.4 cm³/mol. The maximum atomic E-state index is 5.91. The minimum Gasteiger partial charge on any atom is -0.491 e. The van der Waals surface area contributed by atoms with Crippen LogP contribution in [-0.4, -0.2) is 19.8 Å². The molecule has 3 heteroatoms. The Morgan fingerprint density at radius 3 is 2.65 bits per heavy atom. The Balaban J connectivity index is 2.53. The third-order valence-electron chi connectivity index (χ3n) is 2.49. The van der Waals surface area contributed by atoms with E-state index in [2.05, 4.69) is 13.0 Å². The van der Waals surface area contributed by atoms with Gasteiger partial charge in [0.2, 0.25) is 0 Å². The molecule has 0 heterocycles. The molecular weight excluding hydrogens is 214 g/mol. The first-order valence-electron chi connectivity index (χ1n) is 6.21. The van der Waals surface area contributed by atoms with Crippen LogP contribution in [0.5, 0.6) is 5.75 Å². The summed E-state index contributed by atoms with van der Waals surface area (Å²) in [5.41, 5.74) is 8.13. The summed E-state index contributed by atoms with van der Waals surface area (Å²) in [6.07, 6.45) is 1.04. The molecule has 0 radical (unpaired) electrons. The van der Waals surface area contributed by atoms with Gasteiger partial charge in [-0.05, 0) is 31.9 Å². The lowest BCUT2D eigenvalue weighted by molar-refractivity contribution is 0.100. The van der Waals surface area contributed by atoms with E-state index < -0.39 is 0 Å². The van der Waals surface area contributed by atoms with Gasteiger partial charge in [0, 0.05) is 18.2 Å². The number of nitrogens with two attached hydrogens (primary N) is 1. The minimum atomic E-state index is -0.0119. The second-order valence-electron chi connectivity index (χ2n) is 4.29. The Morgan fingerprint density at radius 2 is 2.00 bits per heavy atom. The van der Waals surface area contributed by atoms with Crippen LogP contribution in [0.2, 0.25) is 0 Å². The minimum absolute atomic E-state index is 0.0119.